The third kappa shape index (κ3) is 5.79. The molecule has 0 heterocycles. The Bertz CT molecular complexity index is 1510. The number of sulfonamides is 1. The first-order valence-electron chi connectivity index (χ1n) is 11.3. The summed E-state index contributed by atoms with van der Waals surface area (Å²) >= 11 is 0. The molecule has 0 aliphatic rings. The minimum Gasteiger partial charge on any atom is -0.504 e. The number of phenolic OH excluding ortho intramolecular Hbond substituents is 1. The van der Waals surface area contributed by atoms with E-state index in [1.54, 1.807) is 54.6 Å². The maximum atomic E-state index is 13.7. The van der Waals surface area contributed by atoms with Gasteiger partial charge in [-0.15, -0.1) is 0 Å². The molecule has 4 aromatic carbocycles. The Kier molecular flexibility index (Phi) is 7.85. The van der Waals surface area contributed by atoms with Gasteiger partial charge in [0.05, 0.1) is 36.0 Å². The number of nitrogens with zero attached hydrogens (tertiary/aromatic N) is 2. The van der Waals surface area contributed by atoms with Crippen LogP contribution in [0.15, 0.2) is 113 Å². The van der Waals surface area contributed by atoms with Crippen LogP contribution in [-0.4, -0.2) is 32.8 Å². The first-order chi connectivity index (χ1) is 17.9. The van der Waals surface area contributed by atoms with Crippen molar-refractivity contribution in [1.82, 2.24) is 5.43 Å². The molecule has 0 bridgehead atoms. The van der Waals surface area contributed by atoms with Crippen molar-refractivity contribution in [3.05, 3.63) is 120 Å². The van der Waals surface area contributed by atoms with E-state index in [4.69, 9.17) is 4.74 Å². The average molecular weight is 516 g/mol. The van der Waals surface area contributed by atoms with Gasteiger partial charge in [0.25, 0.3) is 15.9 Å². The van der Waals surface area contributed by atoms with E-state index < -0.39 is 15.9 Å². The van der Waals surface area contributed by atoms with Crippen LogP contribution in [0.5, 0.6) is 11.5 Å². The molecule has 0 aromatic heterocycles. The van der Waals surface area contributed by atoms with Crippen LogP contribution < -0.4 is 14.5 Å². The van der Waals surface area contributed by atoms with Crippen molar-refractivity contribution < 1.29 is 23.1 Å². The number of carbonyl (C=O) groups is 1. The summed E-state index contributed by atoms with van der Waals surface area (Å²) < 4.78 is 33.8. The highest BCUT2D eigenvalue weighted by Crippen LogP contribution is 2.30. The molecule has 0 aliphatic carbocycles. The molecule has 2 N–H and O–H groups in total. The van der Waals surface area contributed by atoms with Gasteiger partial charge in [0.15, 0.2) is 11.5 Å². The summed E-state index contributed by atoms with van der Waals surface area (Å²) in [6, 6.07) is 28.5. The number of benzene rings is 4. The van der Waals surface area contributed by atoms with Crippen molar-refractivity contribution in [1.29, 1.82) is 0 Å². The maximum Gasteiger partial charge on any atom is 0.273 e. The summed E-state index contributed by atoms with van der Waals surface area (Å²) in [6.07, 6.45) is 1.28. The molecule has 0 aliphatic heterocycles. The minimum atomic E-state index is -4.02. The second-order valence-corrected chi connectivity index (χ2v) is 9.79. The van der Waals surface area contributed by atoms with Crippen LogP contribution in [0.1, 0.15) is 21.5 Å². The number of amides is 1. The lowest BCUT2D eigenvalue weighted by Gasteiger charge is -2.26. The van der Waals surface area contributed by atoms with Crippen molar-refractivity contribution in [3.63, 3.8) is 0 Å². The number of carbonyl (C=O) groups excluding carboxylic acids is 1. The van der Waals surface area contributed by atoms with E-state index >= 15 is 0 Å². The number of para-hydroxylation sites is 2. The molecule has 9 heteroatoms. The van der Waals surface area contributed by atoms with E-state index in [0.717, 1.165) is 5.56 Å². The number of aromatic hydroxyl groups is 1. The molecular weight excluding hydrogens is 490 g/mol. The zero-order valence-corrected chi connectivity index (χ0v) is 20.8. The number of hydrogen-bond acceptors (Lipinski definition) is 6. The highest BCUT2D eigenvalue weighted by Gasteiger charge is 2.28. The Balaban J connectivity index is 1.69. The number of hydrogen-bond donors (Lipinski definition) is 2. The summed E-state index contributed by atoms with van der Waals surface area (Å²) in [7, 11) is -2.59. The van der Waals surface area contributed by atoms with Gasteiger partial charge in [0, 0.05) is 5.56 Å². The van der Waals surface area contributed by atoms with Gasteiger partial charge in [0.1, 0.15) is 0 Å². The molecule has 4 aromatic rings. The highest BCUT2D eigenvalue weighted by molar-refractivity contribution is 7.92. The molecule has 1 amide bonds. The Morgan fingerprint density at radius 2 is 1.57 bits per heavy atom. The van der Waals surface area contributed by atoms with Gasteiger partial charge >= 0.3 is 0 Å². The van der Waals surface area contributed by atoms with Crippen molar-refractivity contribution in [2.24, 2.45) is 5.10 Å². The molecule has 0 fully saturated rings. The summed E-state index contributed by atoms with van der Waals surface area (Å²) in [5.74, 6) is -0.467. The smallest absolute Gasteiger partial charge is 0.273 e. The van der Waals surface area contributed by atoms with Crippen LogP contribution in [0, 0.1) is 0 Å². The molecule has 0 radical (unpaired) electrons. The zero-order chi connectivity index (χ0) is 26.3. The second-order valence-electron chi connectivity index (χ2n) is 7.92. The third-order valence-electron chi connectivity index (χ3n) is 5.54. The van der Waals surface area contributed by atoms with Crippen LogP contribution in [0.2, 0.25) is 0 Å². The SMILES string of the molecule is COc1cccc(C=NNC(=O)c2ccccc2N(Cc2ccccc2)S(=O)(=O)c2ccccc2)c1O. The van der Waals surface area contributed by atoms with Crippen LogP contribution in [0.4, 0.5) is 5.69 Å². The fourth-order valence-corrected chi connectivity index (χ4v) is 5.17. The number of methoxy groups -OCH3 is 1. The quantitative estimate of drug-likeness (QED) is 0.251. The van der Waals surface area contributed by atoms with Crippen LogP contribution in [0.25, 0.3) is 0 Å². The van der Waals surface area contributed by atoms with Gasteiger partial charge in [-0.2, -0.15) is 5.10 Å². The van der Waals surface area contributed by atoms with Crippen LogP contribution >= 0.6 is 0 Å². The Morgan fingerprint density at radius 1 is 0.919 bits per heavy atom. The lowest BCUT2D eigenvalue weighted by molar-refractivity contribution is 0.0955. The molecule has 37 heavy (non-hydrogen) atoms. The second kappa shape index (κ2) is 11.4. The number of nitrogens with one attached hydrogen (secondary N) is 1. The standard InChI is InChI=1S/C28H25N3O5S/c1-36-26-18-10-13-22(27(26)32)19-29-30-28(33)24-16-8-9-17-25(24)31(20-21-11-4-2-5-12-21)37(34,35)23-14-6-3-7-15-23/h2-19,32H,20H2,1H3,(H,30,33). The molecule has 8 nitrogen and oxygen atoms in total. The lowest BCUT2D eigenvalue weighted by Crippen LogP contribution is -2.33. The Labute approximate surface area is 215 Å². The molecule has 188 valence electrons. The van der Waals surface area contributed by atoms with Crippen molar-refractivity contribution >= 4 is 27.8 Å². The topological polar surface area (TPSA) is 108 Å². The van der Waals surface area contributed by atoms with E-state index in [1.165, 1.54) is 35.8 Å². The summed E-state index contributed by atoms with van der Waals surface area (Å²) in [4.78, 5) is 13.3. The van der Waals surface area contributed by atoms with Crippen LogP contribution in [-0.2, 0) is 16.6 Å². The Hall–Kier alpha value is -4.63. The predicted molar refractivity (Wildman–Crippen MR) is 142 cm³/mol. The summed E-state index contributed by atoms with van der Waals surface area (Å²) in [5, 5.41) is 14.2. The minimum absolute atomic E-state index is 0.0172. The van der Waals surface area contributed by atoms with Crippen molar-refractivity contribution in [2.75, 3.05) is 11.4 Å². The van der Waals surface area contributed by atoms with Gasteiger partial charge < -0.3 is 9.84 Å². The monoisotopic (exact) mass is 515 g/mol. The molecule has 0 saturated carbocycles. The van der Waals surface area contributed by atoms with E-state index in [-0.39, 0.29) is 34.2 Å². The van der Waals surface area contributed by atoms with Gasteiger partial charge in [0.2, 0.25) is 0 Å². The normalized spacial score (nSPS) is 11.3. The highest BCUT2D eigenvalue weighted by atomic mass is 32.2. The number of rotatable bonds is 9. The summed E-state index contributed by atoms with van der Waals surface area (Å²) in [6.45, 7) is 0.0172. The molecule has 0 unspecified atom stereocenters. The molecule has 0 spiro atoms. The first kappa shape index (κ1) is 25.5. The van der Waals surface area contributed by atoms with Gasteiger partial charge in [-0.3, -0.25) is 9.10 Å². The fraction of sp³-hybridized carbons (Fsp3) is 0.0714. The average Bonchev–Trinajstić information content (AvgIpc) is 2.93. The first-order valence-corrected chi connectivity index (χ1v) is 12.8. The van der Waals surface area contributed by atoms with Crippen molar-refractivity contribution in [2.45, 2.75) is 11.4 Å². The molecule has 4 rings (SSSR count). The predicted octanol–water partition coefficient (Wildman–Crippen LogP) is 4.56. The fourth-order valence-electron chi connectivity index (χ4n) is 3.68. The van der Waals surface area contributed by atoms with E-state index in [1.807, 2.05) is 30.3 Å². The van der Waals surface area contributed by atoms with E-state index in [9.17, 15) is 18.3 Å². The molecule has 0 saturated heterocycles. The number of phenols is 1. The Morgan fingerprint density at radius 3 is 2.27 bits per heavy atom. The third-order valence-corrected chi connectivity index (χ3v) is 7.31. The number of ether oxygens (including phenoxy) is 1. The van der Waals surface area contributed by atoms with Gasteiger partial charge in [-0.25, -0.2) is 13.8 Å². The van der Waals surface area contributed by atoms with E-state index in [0.29, 0.717) is 5.56 Å². The summed E-state index contributed by atoms with van der Waals surface area (Å²) in [5.41, 5.74) is 3.83. The largest absolute Gasteiger partial charge is 0.504 e. The van der Waals surface area contributed by atoms with Crippen molar-refractivity contribution in [3.8, 4) is 11.5 Å². The van der Waals surface area contributed by atoms with Gasteiger partial charge in [-0.1, -0.05) is 66.7 Å². The zero-order valence-electron chi connectivity index (χ0n) is 20.0. The number of hydrazone groups is 1. The lowest BCUT2D eigenvalue weighted by atomic mass is 10.1. The molecule has 0 atom stereocenters. The number of anilines is 1. The maximum absolute atomic E-state index is 13.7. The van der Waals surface area contributed by atoms with E-state index in [2.05, 4.69) is 10.5 Å². The molecular formula is C28H25N3O5S. The van der Waals surface area contributed by atoms with Gasteiger partial charge in [-0.05, 0) is 42.0 Å². The van der Waals surface area contributed by atoms with Crippen LogP contribution in [0.3, 0.4) is 0 Å².